The van der Waals surface area contributed by atoms with Gasteiger partial charge < -0.3 is 0 Å². The quantitative estimate of drug-likeness (QED) is 0.590. The van der Waals surface area contributed by atoms with E-state index >= 15 is 0 Å². The Kier molecular flexibility index (Phi) is 2.28. The van der Waals surface area contributed by atoms with E-state index in [1.165, 1.54) is 27.8 Å². The summed E-state index contributed by atoms with van der Waals surface area (Å²) >= 11 is 0. The third kappa shape index (κ3) is 1.37. The molecule has 1 aliphatic rings. The third-order valence-corrected chi connectivity index (χ3v) is 3.31. The van der Waals surface area contributed by atoms with Gasteiger partial charge in [-0.25, -0.2) is 0 Å². The van der Waals surface area contributed by atoms with E-state index in [2.05, 4.69) is 55.8 Å². The van der Waals surface area contributed by atoms with Crippen molar-refractivity contribution in [3.8, 4) is 11.1 Å². The fourth-order valence-corrected chi connectivity index (χ4v) is 2.59. The van der Waals surface area contributed by atoms with Crippen LogP contribution >= 0.6 is 0 Å². The first-order chi connectivity index (χ1) is 7.90. The third-order valence-electron chi connectivity index (χ3n) is 3.31. The summed E-state index contributed by atoms with van der Waals surface area (Å²) in [5.41, 5.74) is 7.23. The Hall–Kier alpha value is -1.56. The van der Waals surface area contributed by atoms with Crippen LogP contribution in [0.4, 0.5) is 0 Å². The molecule has 16 heavy (non-hydrogen) atoms. The molecule has 0 nitrogen and oxygen atoms in total. The van der Waals surface area contributed by atoms with Crippen molar-refractivity contribution < 1.29 is 0 Å². The summed E-state index contributed by atoms with van der Waals surface area (Å²) in [6.45, 7) is 2.20. The Morgan fingerprint density at radius 3 is 2.69 bits per heavy atom. The monoisotopic (exact) mass is 207 g/mol. The van der Waals surface area contributed by atoms with Crippen LogP contribution in [0.1, 0.15) is 30.0 Å². The van der Waals surface area contributed by atoms with Crippen molar-refractivity contribution in [1.82, 2.24) is 0 Å². The van der Waals surface area contributed by atoms with Crippen molar-refractivity contribution >= 4 is 0 Å². The van der Waals surface area contributed by atoms with Crippen molar-refractivity contribution in [3.63, 3.8) is 0 Å². The zero-order valence-electron chi connectivity index (χ0n) is 9.53. The molecular weight excluding hydrogens is 192 g/mol. The lowest BCUT2D eigenvalue weighted by atomic mass is 9.98. The molecule has 0 heteroatoms. The second kappa shape index (κ2) is 3.79. The van der Waals surface area contributed by atoms with E-state index < -0.39 is 0 Å². The second-order valence-electron chi connectivity index (χ2n) is 4.32. The zero-order chi connectivity index (χ0) is 11.0. The van der Waals surface area contributed by atoms with Crippen molar-refractivity contribution in [3.05, 3.63) is 65.6 Å². The summed E-state index contributed by atoms with van der Waals surface area (Å²) in [6, 6.07) is 15.4. The van der Waals surface area contributed by atoms with Gasteiger partial charge in [0, 0.05) is 0 Å². The van der Waals surface area contributed by atoms with Gasteiger partial charge in [-0.3, -0.25) is 0 Å². The maximum atomic E-state index is 2.32. The van der Waals surface area contributed by atoms with Crippen molar-refractivity contribution in [2.75, 3.05) is 0 Å². The van der Waals surface area contributed by atoms with Gasteiger partial charge in [-0.2, -0.15) is 0 Å². The van der Waals surface area contributed by atoms with Gasteiger partial charge in [-0.1, -0.05) is 49.4 Å². The summed E-state index contributed by atoms with van der Waals surface area (Å²) in [5.74, 6) is 0. The number of benzene rings is 2. The molecule has 2 aromatic carbocycles. The molecule has 1 aliphatic carbocycles. The Balaban J connectivity index is 2.16. The molecule has 0 aromatic heterocycles. The van der Waals surface area contributed by atoms with Gasteiger partial charge in [0.2, 0.25) is 0 Å². The van der Waals surface area contributed by atoms with E-state index in [4.69, 9.17) is 0 Å². The summed E-state index contributed by atoms with van der Waals surface area (Å²) in [5, 5.41) is 0. The van der Waals surface area contributed by atoms with Crippen LogP contribution in [0, 0.1) is 6.42 Å². The summed E-state index contributed by atoms with van der Waals surface area (Å²) in [4.78, 5) is 0. The highest BCUT2D eigenvalue weighted by atomic mass is 14.2. The predicted molar refractivity (Wildman–Crippen MR) is 68.4 cm³/mol. The lowest BCUT2D eigenvalue weighted by Gasteiger charge is -2.06. The molecule has 0 unspecified atom stereocenters. The first kappa shape index (κ1) is 9.65. The van der Waals surface area contributed by atoms with Crippen LogP contribution in [0.2, 0.25) is 0 Å². The summed E-state index contributed by atoms with van der Waals surface area (Å²) < 4.78 is 0. The van der Waals surface area contributed by atoms with E-state index in [1.54, 1.807) is 0 Å². The minimum atomic E-state index is 1.10. The molecule has 3 rings (SSSR count). The normalized spacial score (nSPS) is 12.3. The second-order valence-corrected chi connectivity index (χ2v) is 4.32. The molecule has 0 saturated carbocycles. The van der Waals surface area contributed by atoms with E-state index in [1.807, 2.05) is 0 Å². The van der Waals surface area contributed by atoms with E-state index in [9.17, 15) is 0 Å². The lowest BCUT2D eigenvalue weighted by molar-refractivity contribution is 1.10. The fraction of sp³-hybridized carbons (Fsp3) is 0.188. The maximum absolute atomic E-state index is 2.32. The molecule has 0 N–H and O–H groups in total. The first-order valence-electron chi connectivity index (χ1n) is 5.93. The summed E-state index contributed by atoms with van der Waals surface area (Å²) in [7, 11) is 0. The molecular formula is C16H15. The lowest BCUT2D eigenvalue weighted by Crippen LogP contribution is -1.89. The van der Waals surface area contributed by atoms with Crippen LogP contribution in [0.25, 0.3) is 11.1 Å². The maximum Gasteiger partial charge on any atom is -0.00106 e. The average molecular weight is 207 g/mol. The van der Waals surface area contributed by atoms with E-state index in [-0.39, 0.29) is 0 Å². The predicted octanol–water partition coefficient (Wildman–Crippen LogP) is 4.22. The number of hydrogen-bond donors (Lipinski definition) is 0. The molecule has 0 aliphatic heterocycles. The zero-order valence-corrected chi connectivity index (χ0v) is 9.53. The van der Waals surface area contributed by atoms with Crippen molar-refractivity contribution in [2.45, 2.75) is 19.8 Å². The van der Waals surface area contributed by atoms with Crippen LogP contribution in [-0.2, 0) is 6.42 Å². The highest BCUT2D eigenvalue weighted by Crippen LogP contribution is 2.38. The minimum absolute atomic E-state index is 1.10. The first-order valence-corrected chi connectivity index (χ1v) is 5.93. The highest BCUT2D eigenvalue weighted by Gasteiger charge is 2.19. The van der Waals surface area contributed by atoms with Gasteiger partial charge in [-0.15, -0.1) is 0 Å². The molecule has 79 valence electrons. The van der Waals surface area contributed by atoms with Crippen LogP contribution in [0.15, 0.2) is 42.5 Å². The minimum Gasteiger partial charge on any atom is -0.0648 e. The summed E-state index contributed by atoms with van der Waals surface area (Å²) in [6.07, 6.45) is 4.52. The van der Waals surface area contributed by atoms with Crippen molar-refractivity contribution in [2.24, 2.45) is 0 Å². The van der Waals surface area contributed by atoms with Gasteiger partial charge >= 0.3 is 0 Å². The van der Waals surface area contributed by atoms with Gasteiger partial charge in [-0.05, 0) is 47.1 Å². The van der Waals surface area contributed by atoms with Crippen LogP contribution < -0.4 is 0 Å². The average Bonchev–Trinajstić information content (AvgIpc) is 2.69. The Morgan fingerprint density at radius 1 is 1.00 bits per heavy atom. The molecule has 0 fully saturated rings. The molecule has 0 spiro atoms. The molecule has 1 radical (unpaired) electrons. The number of hydrogen-bond acceptors (Lipinski definition) is 0. The Morgan fingerprint density at radius 2 is 1.81 bits per heavy atom. The Labute approximate surface area is 96.9 Å². The van der Waals surface area contributed by atoms with Gasteiger partial charge in [0.15, 0.2) is 0 Å². The molecule has 0 amide bonds. The van der Waals surface area contributed by atoms with E-state index in [0.717, 1.165) is 12.8 Å². The Bertz CT molecular complexity index is 523. The largest absolute Gasteiger partial charge is 0.0648 e. The van der Waals surface area contributed by atoms with Crippen LogP contribution in [-0.4, -0.2) is 0 Å². The number of rotatable bonds is 2. The van der Waals surface area contributed by atoms with E-state index in [0.29, 0.717) is 0 Å². The van der Waals surface area contributed by atoms with Crippen LogP contribution in [0.5, 0.6) is 0 Å². The standard InChI is InChI=1S/C16H15/c1-2-6-12-8-5-10-15-14-9-4-3-7-13(14)11-16(12)15/h3-10H,2,11H2,1H3. The topological polar surface area (TPSA) is 0 Å². The van der Waals surface area contributed by atoms with Gasteiger partial charge in [0.05, 0.1) is 0 Å². The SMILES string of the molecule is CC[CH]c1cccc2c1Cc1ccccc1-2. The number of fused-ring (bicyclic) bond motifs is 3. The van der Waals surface area contributed by atoms with Gasteiger partial charge in [0.25, 0.3) is 0 Å². The van der Waals surface area contributed by atoms with Gasteiger partial charge in [0.1, 0.15) is 0 Å². The molecule has 0 atom stereocenters. The van der Waals surface area contributed by atoms with Crippen molar-refractivity contribution in [1.29, 1.82) is 0 Å². The molecule has 0 saturated heterocycles. The van der Waals surface area contributed by atoms with Crippen LogP contribution in [0.3, 0.4) is 0 Å². The molecule has 2 aromatic rings. The molecule has 0 heterocycles. The fourth-order valence-electron chi connectivity index (χ4n) is 2.59. The molecule has 0 bridgehead atoms. The highest BCUT2D eigenvalue weighted by molar-refractivity contribution is 5.78. The smallest absolute Gasteiger partial charge is 0.00106 e.